The van der Waals surface area contributed by atoms with Crippen molar-refractivity contribution in [3.8, 4) is 50.9 Å². The molecule has 0 saturated carbocycles. The lowest BCUT2D eigenvalue weighted by atomic mass is 9.82. The zero-order valence-corrected chi connectivity index (χ0v) is 72.1. The summed E-state index contributed by atoms with van der Waals surface area (Å²) >= 11 is 0. The lowest BCUT2D eigenvalue weighted by Crippen LogP contribution is -2.14. The Labute approximate surface area is 741 Å². The monoisotopic (exact) mass is 1640 g/mol. The number of fused-ring (bicyclic) bond motifs is 26. The molecule has 0 atom stereocenters. The fraction of sp³-hybridized carbons (Fsp3) is 0.0579. The Hall–Kier alpha value is -16.2. The number of hydrogen-bond donors (Lipinski definition) is 0. The third kappa shape index (κ3) is 11.9. The molecule has 128 heavy (non-hydrogen) atoms. The van der Waals surface area contributed by atoms with E-state index in [0.717, 1.165) is 0 Å². The van der Waals surface area contributed by atoms with E-state index < -0.39 is 0 Å². The van der Waals surface area contributed by atoms with Gasteiger partial charge in [-0.15, -0.1) is 0 Å². The summed E-state index contributed by atoms with van der Waals surface area (Å²) in [5.41, 5.74) is 36.5. The fourth-order valence-electron chi connectivity index (χ4n) is 21.2. The van der Waals surface area contributed by atoms with E-state index in [-0.39, 0.29) is 5.41 Å². The molecular weight excluding hydrogens is 1550 g/mol. The van der Waals surface area contributed by atoms with Gasteiger partial charge in [0.05, 0.1) is 77.2 Å². The van der Waals surface area contributed by atoms with Crippen LogP contribution < -0.4 is 0 Å². The van der Waals surface area contributed by atoms with Gasteiger partial charge in [0.2, 0.25) is 0 Å². The molecule has 0 unspecified atom stereocenters. The fourth-order valence-corrected chi connectivity index (χ4v) is 21.2. The van der Waals surface area contributed by atoms with Crippen molar-refractivity contribution in [3.05, 3.63) is 464 Å². The lowest BCUT2D eigenvalue weighted by Gasteiger charge is -2.21. The van der Waals surface area contributed by atoms with Gasteiger partial charge in [-0.1, -0.05) is 285 Å². The topological polar surface area (TPSA) is 34.5 Å². The van der Waals surface area contributed by atoms with Crippen LogP contribution in [0.3, 0.4) is 0 Å². The van der Waals surface area contributed by atoms with Crippen molar-refractivity contribution in [3.63, 3.8) is 0 Å². The van der Waals surface area contributed by atoms with Crippen molar-refractivity contribution < 1.29 is 0 Å². The first-order chi connectivity index (χ1) is 63.0. The molecule has 0 fully saturated rings. The third-order valence-electron chi connectivity index (χ3n) is 26.9. The molecule has 7 heteroatoms. The van der Waals surface area contributed by atoms with Gasteiger partial charge in [0, 0.05) is 121 Å². The lowest BCUT2D eigenvalue weighted by molar-refractivity contribution is 0.661. The van der Waals surface area contributed by atoms with Crippen molar-refractivity contribution >= 4 is 153 Å². The molecule has 1 aliphatic rings. The van der Waals surface area contributed by atoms with E-state index in [1.807, 2.05) is 0 Å². The first kappa shape index (κ1) is 75.5. The minimum Gasteiger partial charge on any atom is -0.309 e. The number of para-hydroxylation sites is 10. The van der Waals surface area contributed by atoms with Crippen molar-refractivity contribution in [1.29, 1.82) is 0 Å². The number of aromatic nitrogens is 7. The molecule has 0 aliphatic heterocycles. The zero-order valence-electron chi connectivity index (χ0n) is 72.1. The van der Waals surface area contributed by atoms with Gasteiger partial charge in [-0.3, -0.25) is 0 Å². The summed E-state index contributed by atoms with van der Waals surface area (Å²) in [7, 11) is 0. The number of benzene rings is 19. The molecule has 19 aromatic carbocycles. The van der Waals surface area contributed by atoms with Crippen molar-refractivity contribution in [2.24, 2.45) is 0 Å². The van der Waals surface area contributed by atoms with Crippen LogP contribution in [0.1, 0.15) is 47.2 Å². The smallest absolute Gasteiger partial charge is 0.0788 e. The Kier molecular flexibility index (Phi) is 17.7. The Bertz CT molecular complexity index is 8870. The average Bonchev–Trinajstić information content (AvgIpc) is 1.57. The minimum atomic E-state index is 0.0190. The van der Waals surface area contributed by atoms with Crippen LogP contribution in [-0.2, 0) is 5.41 Å². The van der Waals surface area contributed by atoms with E-state index in [0.29, 0.717) is 0 Å². The van der Waals surface area contributed by atoms with Crippen LogP contribution in [0.4, 0.5) is 0 Å². The molecule has 7 heterocycles. The number of aryl methyl sites for hydroxylation is 4. The first-order valence-corrected chi connectivity index (χ1v) is 44.5. The van der Waals surface area contributed by atoms with Crippen LogP contribution in [-0.4, -0.2) is 32.0 Å². The predicted octanol–water partition coefficient (Wildman–Crippen LogP) is 32.0. The van der Waals surface area contributed by atoms with Crippen LogP contribution in [0.5, 0.6) is 0 Å². The highest BCUT2D eigenvalue weighted by Gasteiger charge is 2.37. The molecule has 0 bridgehead atoms. The van der Waals surface area contributed by atoms with Crippen molar-refractivity contribution in [1.82, 2.24) is 32.0 Å². The minimum absolute atomic E-state index is 0.0190. The van der Waals surface area contributed by atoms with Crippen LogP contribution in [0, 0.1) is 27.7 Å². The normalized spacial score (nSPS) is 12.4. The molecule has 7 nitrogen and oxygen atoms in total. The maximum Gasteiger partial charge on any atom is 0.0788 e. The highest BCUT2D eigenvalue weighted by atomic mass is 15.1. The Morgan fingerprint density at radius 2 is 0.414 bits per heavy atom. The van der Waals surface area contributed by atoms with Crippen LogP contribution in [0.15, 0.2) is 431 Å². The Morgan fingerprint density at radius 1 is 0.156 bits per heavy atom. The second kappa shape index (κ2) is 30.1. The molecule has 27 rings (SSSR count). The highest BCUT2D eigenvalue weighted by molar-refractivity contribution is 6.28. The molecule has 0 spiro atoms. The first-order valence-electron chi connectivity index (χ1n) is 44.5. The second-order valence-corrected chi connectivity index (χ2v) is 35.0. The molecule has 608 valence electrons. The van der Waals surface area contributed by atoms with E-state index >= 15 is 0 Å². The summed E-state index contributed by atoms with van der Waals surface area (Å²) in [6.45, 7) is 13.4. The summed E-state index contributed by atoms with van der Waals surface area (Å²) < 4.78 is 16.9. The Morgan fingerprint density at radius 3 is 0.844 bits per heavy atom. The molecule has 0 saturated heterocycles. The van der Waals surface area contributed by atoms with Crippen LogP contribution in [0.25, 0.3) is 204 Å². The standard InChI is InChI=1S/3C31H22N2.C28H23N/c1-21-16-19-29-27(20-21)26-18-17-25-24-14-8-9-15-28(24)32(22-10-4-2-5-11-22)30(25)31(26)33(29)23-12-6-3-7-13-23;1-21-16-18-28-26(20-21)24-17-19-29-30(31(24)33(28)23-12-6-3-7-13-23)25-14-8-9-15-27(25)32(29)22-10-4-2-5-11-22;1-21-16-17-29-25(18-21)27-20-30-26(19-31(27)33(29)23-12-6-3-7-13-23)24-14-8-9-15-28(24)32(30)22-10-4-2-5-11-22;1-18-13-14-26-22(15-18)23-16-25-21(20-11-7-8-12-24(20)28(25,2)3)17-27(23)29(26)19-9-5-4-6-10-19/h3*2-20H,1H3;4-17H,1-3H3. The van der Waals surface area contributed by atoms with Crippen LogP contribution in [0.2, 0.25) is 0 Å². The molecule has 0 amide bonds. The highest BCUT2D eigenvalue weighted by Crippen LogP contribution is 2.52. The SMILES string of the molecule is Cc1ccc2c(c1)c1cc3c(cc1n2-c1ccccc1)-c1ccccc1C3(C)C.Cc1ccc2c(c1)c1cc3c(cc1n2-c1ccccc1)c1ccccc1n3-c1ccccc1.Cc1ccc2c(c1)c1ccc3c(c4ccccc4n3-c3ccccc3)c1n2-c1ccccc1.Cc1ccc2c(c1)c1ccc3c4ccccc4n(-c4ccccc4)c3c1n2-c1ccccc1. The molecule has 0 radical (unpaired) electrons. The summed E-state index contributed by atoms with van der Waals surface area (Å²) in [6.07, 6.45) is 0. The van der Waals surface area contributed by atoms with Gasteiger partial charge in [0.25, 0.3) is 0 Å². The molecular formula is C121H89N7. The second-order valence-electron chi connectivity index (χ2n) is 35.0. The van der Waals surface area contributed by atoms with E-state index in [1.54, 1.807) is 0 Å². The van der Waals surface area contributed by atoms with Crippen molar-refractivity contribution in [2.75, 3.05) is 0 Å². The molecule has 1 aliphatic carbocycles. The van der Waals surface area contributed by atoms with Gasteiger partial charge in [0.15, 0.2) is 0 Å². The molecule has 26 aromatic rings. The van der Waals surface area contributed by atoms with E-state index in [2.05, 4.69) is 504 Å². The van der Waals surface area contributed by atoms with Gasteiger partial charge in [-0.05, 0) is 232 Å². The predicted molar refractivity (Wildman–Crippen MR) is 543 cm³/mol. The maximum absolute atomic E-state index is 2.45. The number of hydrogen-bond acceptors (Lipinski definition) is 0. The third-order valence-corrected chi connectivity index (χ3v) is 26.9. The number of nitrogens with zero attached hydrogens (tertiary/aromatic N) is 7. The summed E-state index contributed by atoms with van der Waals surface area (Å²) in [6, 6.07) is 156. The maximum atomic E-state index is 2.45. The summed E-state index contributed by atoms with van der Waals surface area (Å²) in [5, 5.41) is 18.1. The average molecular weight is 1640 g/mol. The summed E-state index contributed by atoms with van der Waals surface area (Å²) in [5.74, 6) is 0. The zero-order chi connectivity index (χ0) is 85.6. The Balaban J connectivity index is 0.0000000951. The van der Waals surface area contributed by atoms with Gasteiger partial charge in [-0.25, -0.2) is 0 Å². The van der Waals surface area contributed by atoms with Gasteiger partial charge in [0.1, 0.15) is 0 Å². The van der Waals surface area contributed by atoms with Crippen LogP contribution >= 0.6 is 0 Å². The molecule has 0 N–H and O–H groups in total. The molecule has 7 aromatic heterocycles. The van der Waals surface area contributed by atoms with E-state index in [4.69, 9.17) is 0 Å². The summed E-state index contributed by atoms with van der Waals surface area (Å²) in [4.78, 5) is 0. The quantitative estimate of drug-likeness (QED) is 0.152. The van der Waals surface area contributed by atoms with E-state index in [9.17, 15) is 0 Å². The largest absolute Gasteiger partial charge is 0.309 e. The number of rotatable bonds is 7. The van der Waals surface area contributed by atoms with Gasteiger partial charge in [-0.2, -0.15) is 0 Å². The van der Waals surface area contributed by atoms with Gasteiger partial charge >= 0.3 is 0 Å². The van der Waals surface area contributed by atoms with Crippen molar-refractivity contribution in [2.45, 2.75) is 47.0 Å². The van der Waals surface area contributed by atoms with E-state index in [1.165, 1.54) is 237 Å². The van der Waals surface area contributed by atoms with Gasteiger partial charge < -0.3 is 32.0 Å².